The molecular weight excluding hydrogens is 416 g/mol. The van der Waals surface area contributed by atoms with Crippen molar-refractivity contribution >= 4 is 28.8 Å². The summed E-state index contributed by atoms with van der Waals surface area (Å²) in [4.78, 5) is 24.4. The first-order valence-corrected chi connectivity index (χ1v) is 10.6. The Hall–Kier alpha value is -3.46. The molecule has 0 bridgehead atoms. The number of nitrogens with zero attached hydrogens (tertiary/aromatic N) is 2. The summed E-state index contributed by atoms with van der Waals surface area (Å²) in [5.41, 5.74) is 1.65. The Labute approximate surface area is 184 Å². The van der Waals surface area contributed by atoms with Crippen LogP contribution in [-0.4, -0.2) is 36.2 Å². The second-order valence-corrected chi connectivity index (χ2v) is 7.72. The molecule has 8 nitrogen and oxygen atoms in total. The number of carbonyl (C=O) groups is 2. The van der Waals surface area contributed by atoms with Gasteiger partial charge in [0.25, 0.3) is 5.91 Å². The molecule has 0 aliphatic carbocycles. The van der Waals surface area contributed by atoms with Gasteiger partial charge < -0.3 is 20.1 Å². The minimum atomic E-state index is -0.314. The Kier molecular flexibility index (Phi) is 7.94. The van der Waals surface area contributed by atoms with E-state index in [1.807, 2.05) is 24.3 Å². The molecule has 0 unspecified atom stereocenters. The van der Waals surface area contributed by atoms with Gasteiger partial charge in [-0.3, -0.25) is 9.59 Å². The van der Waals surface area contributed by atoms with Crippen molar-refractivity contribution in [1.82, 2.24) is 15.5 Å². The van der Waals surface area contributed by atoms with E-state index in [4.69, 9.17) is 9.47 Å². The second kappa shape index (κ2) is 11.1. The highest BCUT2D eigenvalue weighted by molar-refractivity contribution is 7.13. The normalized spacial score (nSPS) is 10.4. The first-order chi connectivity index (χ1) is 15.1. The summed E-state index contributed by atoms with van der Waals surface area (Å²) < 4.78 is 10.2. The summed E-state index contributed by atoms with van der Waals surface area (Å²) in [6.45, 7) is 0.470. The number of aromatic nitrogens is 2. The van der Waals surface area contributed by atoms with Crippen LogP contribution in [0.15, 0.2) is 48.5 Å². The van der Waals surface area contributed by atoms with Gasteiger partial charge in [0.15, 0.2) is 0 Å². The van der Waals surface area contributed by atoms with E-state index in [0.29, 0.717) is 37.2 Å². The number of nitrogens with one attached hydrogen (secondary N) is 2. The molecule has 3 rings (SSSR count). The van der Waals surface area contributed by atoms with Gasteiger partial charge in [-0.25, -0.2) is 0 Å². The van der Waals surface area contributed by atoms with Crippen LogP contribution < -0.4 is 20.1 Å². The standard InChI is InChI=1S/C22H24N4O4S/c1-29-17-10-6-15(7-11-17)14-23-19(27)4-3-5-20-25-26-22(31-20)21(28)24-16-8-12-18(30-2)13-9-16/h6-13H,3-5,14H2,1-2H3,(H,23,27)(H,24,28). The van der Waals surface area contributed by atoms with E-state index in [1.165, 1.54) is 11.3 Å². The van der Waals surface area contributed by atoms with Crippen LogP contribution in [0.4, 0.5) is 5.69 Å². The van der Waals surface area contributed by atoms with Crippen LogP contribution in [0.5, 0.6) is 11.5 Å². The second-order valence-electron chi connectivity index (χ2n) is 6.66. The summed E-state index contributed by atoms with van der Waals surface area (Å²) in [6.07, 6.45) is 1.59. The van der Waals surface area contributed by atoms with E-state index in [2.05, 4.69) is 20.8 Å². The molecule has 0 atom stereocenters. The van der Waals surface area contributed by atoms with Gasteiger partial charge in [0.2, 0.25) is 10.9 Å². The number of anilines is 1. The Bertz CT molecular complexity index is 1000. The zero-order valence-electron chi connectivity index (χ0n) is 17.4. The average Bonchev–Trinajstić information content (AvgIpc) is 3.27. The SMILES string of the molecule is COc1ccc(CNC(=O)CCCc2nnc(C(=O)Nc3ccc(OC)cc3)s2)cc1. The van der Waals surface area contributed by atoms with Gasteiger partial charge >= 0.3 is 0 Å². The molecule has 0 saturated carbocycles. The Morgan fingerprint density at radius 3 is 2.23 bits per heavy atom. The van der Waals surface area contributed by atoms with Gasteiger partial charge in [-0.15, -0.1) is 10.2 Å². The lowest BCUT2D eigenvalue weighted by Crippen LogP contribution is -2.22. The number of amides is 2. The molecule has 31 heavy (non-hydrogen) atoms. The lowest BCUT2D eigenvalue weighted by atomic mass is 10.2. The van der Waals surface area contributed by atoms with Crippen molar-refractivity contribution in [2.45, 2.75) is 25.8 Å². The van der Waals surface area contributed by atoms with Gasteiger partial charge in [0.1, 0.15) is 16.5 Å². The largest absolute Gasteiger partial charge is 0.497 e. The maximum absolute atomic E-state index is 12.3. The number of ether oxygens (including phenoxy) is 2. The van der Waals surface area contributed by atoms with Crippen molar-refractivity contribution in [2.24, 2.45) is 0 Å². The van der Waals surface area contributed by atoms with E-state index < -0.39 is 0 Å². The van der Waals surface area contributed by atoms with Gasteiger partial charge in [-0.2, -0.15) is 0 Å². The number of aryl methyl sites for hydroxylation is 1. The van der Waals surface area contributed by atoms with Crippen LogP contribution >= 0.6 is 11.3 Å². The van der Waals surface area contributed by atoms with Gasteiger partial charge in [0, 0.05) is 25.1 Å². The average molecular weight is 441 g/mol. The van der Waals surface area contributed by atoms with Crippen LogP contribution in [0, 0.1) is 0 Å². The van der Waals surface area contributed by atoms with Gasteiger partial charge in [-0.05, 0) is 48.4 Å². The van der Waals surface area contributed by atoms with Crippen molar-refractivity contribution in [2.75, 3.05) is 19.5 Å². The highest BCUT2D eigenvalue weighted by atomic mass is 32.1. The monoisotopic (exact) mass is 440 g/mol. The summed E-state index contributed by atoms with van der Waals surface area (Å²) in [6, 6.07) is 14.6. The third-order valence-corrected chi connectivity index (χ3v) is 5.43. The molecule has 1 heterocycles. The van der Waals surface area contributed by atoms with Crippen LogP contribution in [0.3, 0.4) is 0 Å². The van der Waals surface area contributed by atoms with Crippen LogP contribution in [-0.2, 0) is 17.8 Å². The Morgan fingerprint density at radius 1 is 0.935 bits per heavy atom. The van der Waals surface area contributed by atoms with E-state index in [9.17, 15) is 9.59 Å². The van der Waals surface area contributed by atoms with Gasteiger partial charge in [0.05, 0.1) is 14.2 Å². The summed E-state index contributed by atoms with van der Waals surface area (Å²) >= 11 is 1.23. The summed E-state index contributed by atoms with van der Waals surface area (Å²) in [7, 11) is 3.20. The minimum Gasteiger partial charge on any atom is -0.497 e. The zero-order chi connectivity index (χ0) is 22.1. The highest BCUT2D eigenvalue weighted by Crippen LogP contribution is 2.18. The maximum Gasteiger partial charge on any atom is 0.286 e. The van der Waals surface area contributed by atoms with E-state index >= 15 is 0 Å². The van der Waals surface area contributed by atoms with E-state index in [1.54, 1.807) is 38.5 Å². The van der Waals surface area contributed by atoms with Crippen molar-refractivity contribution in [3.63, 3.8) is 0 Å². The van der Waals surface area contributed by atoms with Crippen molar-refractivity contribution < 1.29 is 19.1 Å². The van der Waals surface area contributed by atoms with Gasteiger partial charge in [-0.1, -0.05) is 23.5 Å². The number of hydrogen-bond donors (Lipinski definition) is 2. The molecule has 0 fully saturated rings. The number of rotatable bonds is 10. The number of benzene rings is 2. The molecule has 0 aliphatic heterocycles. The van der Waals surface area contributed by atoms with E-state index in [-0.39, 0.29) is 16.8 Å². The fourth-order valence-corrected chi connectivity index (χ4v) is 3.51. The first-order valence-electron chi connectivity index (χ1n) is 9.75. The first kappa shape index (κ1) is 22.2. The molecule has 9 heteroatoms. The maximum atomic E-state index is 12.3. The summed E-state index contributed by atoms with van der Waals surface area (Å²) in [5.74, 6) is 1.15. The molecular formula is C22H24N4O4S. The lowest BCUT2D eigenvalue weighted by molar-refractivity contribution is -0.121. The molecule has 3 aromatic rings. The number of methoxy groups -OCH3 is 2. The predicted octanol–water partition coefficient (Wildman–Crippen LogP) is 3.45. The fraction of sp³-hybridized carbons (Fsp3) is 0.273. The predicted molar refractivity (Wildman–Crippen MR) is 119 cm³/mol. The smallest absolute Gasteiger partial charge is 0.286 e. The third-order valence-electron chi connectivity index (χ3n) is 4.45. The molecule has 0 spiro atoms. The van der Waals surface area contributed by atoms with Crippen LogP contribution in [0.2, 0.25) is 0 Å². The third kappa shape index (κ3) is 6.78. The Morgan fingerprint density at radius 2 is 1.58 bits per heavy atom. The van der Waals surface area contributed by atoms with E-state index in [0.717, 1.165) is 16.3 Å². The highest BCUT2D eigenvalue weighted by Gasteiger charge is 2.13. The van der Waals surface area contributed by atoms with Crippen molar-refractivity contribution in [3.05, 3.63) is 64.1 Å². The molecule has 0 saturated heterocycles. The molecule has 2 N–H and O–H groups in total. The zero-order valence-corrected chi connectivity index (χ0v) is 18.2. The molecule has 2 amide bonds. The lowest BCUT2D eigenvalue weighted by Gasteiger charge is -2.06. The Balaban J connectivity index is 1.39. The number of carbonyl (C=O) groups excluding carboxylic acids is 2. The molecule has 162 valence electrons. The van der Waals surface area contributed by atoms with Crippen molar-refractivity contribution in [1.29, 1.82) is 0 Å². The number of hydrogen-bond acceptors (Lipinski definition) is 7. The van der Waals surface area contributed by atoms with Crippen LogP contribution in [0.25, 0.3) is 0 Å². The summed E-state index contributed by atoms with van der Waals surface area (Å²) in [5, 5.41) is 14.7. The molecule has 1 aromatic heterocycles. The molecule has 2 aromatic carbocycles. The fourth-order valence-electron chi connectivity index (χ4n) is 2.74. The molecule has 0 radical (unpaired) electrons. The quantitative estimate of drug-likeness (QED) is 0.501. The topological polar surface area (TPSA) is 102 Å². The minimum absolute atomic E-state index is 0.0298. The van der Waals surface area contributed by atoms with Crippen molar-refractivity contribution in [3.8, 4) is 11.5 Å². The van der Waals surface area contributed by atoms with Crippen LogP contribution in [0.1, 0.15) is 33.2 Å². The molecule has 0 aliphatic rings.